The maximum atomic E-state index is 14.6. The van der Waals surface area contributed by atoms with Crippen LogP contribution in [0.3, 0.4) is 0 Å². The van der Waals surface area contributed by atoms with E-state index in [-0.39, 0.29) is 0 Å². The first kappa shape index (κ1) is 85.1. The molecule has 0 saturated heterocycles. The zero-order valence-electron chi connectivity index (χ0n) is 57.1. The Bertz CT molecular complexity index is 7050. The van der Waals surface area contributed by atoms with E-state index in [0.29, 0.717) is 60.9 Å². The number of para-hydroxylation sites is 2. The van der Waals surface area contributed by atoms with Crippen molar-refractivity contribution in [2.75, 3.05) is 32.1 Å². The lowest BCUT2D eigenvalue weighted by Crippen LogP contribution is -2.34. The Kier molecular flexibility index (Phi) is 22.1. The molecule has 0 unspecified atom stereocenters. The predicted molar refractivity (Wildman–Crippen MR) is 398 cm³/mol. The number of hydrazone groups is 2. The fourth-order valence-corrected chi connectivity index (χ4v) is 17.1. The molecule has 0 amide bonds. The predicted octanol–water partition coefficient (Wildman–Crippen LogP) is 2.33. The molecule has 0 atom stereocenters. The Hall–Kier alpha value is -12.3. The lowest BCUT2D eigenvalue weighted by Gasteiger charge is -2.20. The van der Waals surface area contributed by atoms with Gasteiger partial charge in [-0.2, -0.15) is 77.5 Å². The number of nitrogens with zero attached hydrogens (tertiary/aromatic N) is 10. The molecule has 4 heterocycles. The van der Waals surface area contributed by atoms with Crippen LogP contribution in [-0.2, 0) is 101 Å². The van der Waals surface area contributed by atoms with Crippen molar-refractivity contribution in [3.8, 4) is 23.0 Å². The van der Waals surface area contributed by atoms with Crippen molar-refractivity contribution in [1.82, 2.24) is 29.9 Å². The number of rotatable bonds is 25. The van der Waals surface area contributed by atoms with Gasteiger partial charge in [0.05, 0.1) is 78.2 Å². The molecule has 14 N–H and O–H groups in total. The van der Waals surface area contributed by atoms with Crippen LogP contribution in [0.4, 0.5) is 57.9 Å². The Morgan fingerprint density at radius 2 is 0.661 bits per heavy atom. The average Bonchev–Trinajstić information content (AvgIpc) is 0.750. The first-order valence-corrected chi connectivity index (χ1v) is 45.3. The summed E-state index contributed by atoms with van der Waals surface area (Å²) in [6.45, 7) is 0. The van der Waals surface area contributed by atoms with E-state index in [4.69, 9.17) is 0 Å². The number of carbonyl (C=O) groups excluding carboxylic acids is 2. The second-order valence-electron chi connectivity index (χ2n) is 23.8. The largest absolute Gasteiger partial charge is 0.744 e. The third-order valence-corrected chi connectivity index (χ3v) is 24.6. The average molecular weight is 1820 g/mol. The number of anilines is 10. The molecule has 48 nitrogen and oxygen atoms in total. The quantitative estimate of drug-likeness (QED) is 0.0222. The van der Waals surface area contributed by atoms with Crippen molar-refractivity contribution in [2.45, 2.75) is 39.2 Å². The Morgan fingerprint density at radius 1 is 0.331 bits per heavy atom. The number of Topliss-reactive ketones (excluding diaryl/α,β-unsaturated/α-hetero) is 2. The maximum absolute atomic E-state index is 14.6. The van der Waals surface area contributed by atoms with E-state index < -0.39 is 276 Å². The molecule has 2 aliphatic carbocycles. The van der Waals surface area contributed by atoms with Gasteiger partial charge in [-0.05, 0) is 140 Å². The fourth-order valence-electron chi connectivity index (χ4n) is 11.0. The summed E-state index contributed by atoms with van der Waals surface area (Å²) in [6, 6.07) is 18.7. The van der Waals surface area contributed by atoms with E-state index in [1.165, 1.54) is 12.1 Å². The number of allylic oxidation sites excluding steroid dienone is 2. The molecule has 10 aromatic rings. The summed E-state index contributed by atoms with van der Waals surface area (Å²) in [7, 11) is -54.2. The number of aromatic nitrogens is 8. The molecule has 118 heavy (non-hydrogen) atoms. The summed E-state index contributed by atoms with van der Waals surface area (Å²) in [5.41, 5.74) is -6.95. The van der Waals surface area contributed by atoms with Crippen LogP contribution < -0.4 is 41.3 Å². The molecule has 4 aromatic heterocycles. The molecule has 58 heteroatoms. The third kappa shape index (κ3) is 18.7. The van der Waals surface area contributed by atoms with Gasteiger partial charge in [-0.25, -0.2) is 26.0 Å². The van der Waals surface area contributed by atoms with E-state index in [1.54, 1.807) is 0 Å². The molecule has 0 aliphatic heterocycles. The van der Waals surface area contributed by atoms with Crippen LogP contribution in [0, 0.1) is 0 Å². The fraction of sp³-hybridized carbons (Fsp3) is 0. The Morgan fingerprint density at radius 3 is 0.975 bits per heavy atom. The van der Waals surface area contributed by atoms with Crippen molar-refractivity contribution in [3.05, 3.63) is 190 Å². The van der Waals surface area contributed by atoms with Crippen molar-refractivity contribution in [1.29, 1.82) is 0 Å². The van der Waals surface area contributed by atoms with Crippen LogP contribution in [0.15, 0.2) is 217 Å². The van der Waals surface area contributed by atoms with E-state index in [9.17, 15) is 139 Å². The lowest BCUT2D eigenvalue weighted by atomic mass is 9.93. The van der Waals surface area contributed by atoms with Crippen LogP contribution in [0.5, 0.6) is 0 Å². The SMILES string of the molecule is O=C1/C(=N\Nc2ccccc2S(=O)(=O)O)C(S(=O)(=O)O)=Cc2cc(S(=O)(=O)O)cc(Nc3nc(Nc4ccc(-c5ccc(Nc6nc(Nc7cc(S(=O)(=O)O)cc8c7C(=O)/C(=N\Nc7ccccc7S(=O)(=O)O)C(S(=O)(=O)O)=C8)nc(-[n+]7cccc(S(=O)(=O)[O-])c7)n6)cc5S(=O)(=O)O)c(S(=O)(=O)O)c4)nc(-[n+]4cccc(S(=O)(=O)[O-])c4)n3)c21. The summed E-state index contributed by atoms with van der Waals surface area (Å²) < 4.78 is 364. The molecule has 0 radical (unpaired) electrons. The molecule has 12 rings (SSSR count). The first-order valence-electron chi connectivity index (χ1n) is 31.0. The van der Waals surface area contributed by atoms with E-state index >= 15 is 0 Å². The smallest absolute Gasteiger partial charge is 0.444 e. The van der Waals surface area contributed by atoms with Crippen molar-refractivity contribution in [3.63, 3.8) is 0 Å². The molecule has 6 aromatic carbocycles. The van der Waals surface area contributed by atoms with Crippen LogP contribution in [-0.4, -0.2) is 183 Å². The minimum absolute atomic E-state index is 0.468. The van der Waals surface area contributed by atoms with Gasteiger partial charge in [-0.1, -0.05) is 36.4 Å². The molecule has 0 bridgehead atoms. The third-order valence-electron chi connectivity index (χ3n) is 15.9. The van der Waals surface area contributed by atoms with Gasteiger partial charge < -0.3 is 30.4 Å². The molecule has 614 valence electrons. The number of ketones is 2. The zero-order valence-corrected chi connectivity index (χ0v) is 65.3. The van der Waals surface area contributed by atoms with Gasteiger partial charge in [0.2, 0.25) is 11.6 Å². The highest BCUT2D eigenvalue weighted by atomic mass is 32.3. The topological polar surface area (TPSA) is 766 Å². The summed E-state index contributed by atoms with van der Waals surface area (Å²) in [5.74, 6) is -8.09. The Balaban J connectivity index is 0.947. The number of hydrogen-bond donors (Lipinski definition) is 14. The molecule has 2 aliphatic rings. The molecule has 0 saturated carbocycles. The van der Waals surface area contributed by atoms with Crippen LogP contribution in [0.25, 0.3) is 35.2 Å². The van der Waals surface area contributed by atoms with Crippen molar-refractivity contribution >= 4 is 194 Å². The number of hydrogen-bond acceptors (Lipinski definition) is 38. The van der Waals surface area contributed by atoms with Crippen molar-refractivity contribution < 1.29 is 148 Å². The van der Waals surface area contributed by atoms with Gasteiger partial charge in [-0.15, -0.1) is 9.97 Å². The molecule has 0 fully saturated rings. The number of carbonyl (C=O) groups is 2. The van der Waals surface area contributed by atoms with Gasteiger partial charge in [0.15, 0.2) is 11.4 Å². The second-order valence-corrected chi connectivity index (χ2v) is 37.7. The maximum Gasteiger partial charge on any atom is 0.444 e. The van der Waals surface area contributed by atoms with Crippen LogP contribution >= 0.6 is 0 Å². The summed E-state index contributed by atoms with van der Waals surface area (Å²) in [6.07, 6.45) is 4.28. The van der Waals surface area contributed by atoms with Crippen LogP contribution in [0.1, 0.15) is 31.8 Å². The highest BCUT2D eigenvalue weighted by Crippen LogP contribution is 2.40. The van der Waals surface area contributed by atoms with E-state index in [1.807, 2.05) is 0 Å². The highest BCUT2D eigenvalue weighted by molar-refractivity contribution is 7.92. The minimum atomic E-state index is -5.68. The standard InChI is InChI=1S/C60H42N16O32S10/c77-53-49-29(21-47(117(103,104)105)51(53)73-71-39-9-1-3-11-43(39)113(91,92)93)19-35(111(85,86)87)25-41(49)63-57-65-55(67-59(69-57)75-17-5-7-33(27-75)109(79,80)81)61-31-13-15-37(45(23-31)115(97,98)99)38-16-14-32(24-46(38)116(100,101)102)62-56-66-58(70-60(68-56)76-18-6-8-34(28-76)110(82,83)84)64-42-26-36(112(88,89)90)20-30-22-48(118(106,107)108)52(54(78)50(30)42)74-72-40-10-2-4-12-44(40)114(94,95)96/h1-28H,(H14-2,61,62,63,64,65,66,67,68,69,70,71,72,73,74,77,78,79,80,81,82,83,84,85,86,87,88,89,90,91,92,93,94,95,96,97,98,99,100,101,102,103,104,105,106,107,108). The van der Waals surface area contributed by atoms with Gasteiger partial charge in [-0.3, -0.25) is 56.9 Å². The molecule has 0 spiro atoms. The van der Waals surface area contributed by atoms with Gasteiger partial charge in [0, 0.05) is 22.5 Å². The van der Waals surface area contributed by atoms with Crippen molar-refractivity contribution in [2.24, 2.45) is 10.2 Å². The van der Waals surface area contributed by atoms with E-state index in [0.717, 1.165) is 106 Å². The van der Waals surface area contributed by atoms with Gasteiger partial charge in [0.25, 0.3) is 80.9 Å². The monoisotopic (exact) mass is 1820 g/mol. The second kappa shape index (κ2) is 30.6. The first-order chi connectivity index (χ1) is 54.6. The summed E-state index contributed by atoms with van der Waals surface area (Å²) >= 11 is 0. The van der Waals surface area contributed by atoms with Gasteiger partial charge in [0.1, 0.15) is 49.6 Å². The van der Waals surface area contributed by atoms with Crippen LogP contribution in [0.2, 0.25) is 0 Å². The van der Waals surface area contributed by atoms with E-state index in [2.05, 4.69) is 72.2 Å². The highest BCUT2D eigenvalue weighted by Gasteiger charge is 2.40. The number of nitrogens with one attached hydrogen (secondary N) is 6. The number of fused-ring (bicyclic) bond motifs is 2. The van der Waals surface area contributed by atoms with Gasteiger partial charge >= 0.3 is 35.7 Å². The number of pyridine rings is 2. The normalized spacial score (nSPS) is 14.5. The lowest BCUT2D eigenvalue weighted by molar-refractivity contribution is -0.606. The zero-order chi connectivity index (χ0) is 86.3. The molecular formula is C60H42N16O32S10. The summed E-state index contributed by atoms with van der Waals surface area (Å²) in [4.78, 5) is 43.0. The summed E-state index contributed by atoms with van der Waals surface area (Å²) in [5, 5.41) is 17.3. The number of benzene rings is 6. The minimum Gasteiger partial charge on any atom is -0.744 e. The molecular weight excluding hydrogens is 1780 g/mol. The Labute approximate surface area is 662 Å².